The van der Waals surface area contributed by atoms with Gasteiger partial charge in [0.15, 0.2) is 11.3 Å². The van der Waals surface area contributed by atoms with E-state index in [1.807, 2.05) is 4.57 Å². The van der Waals surface area contributed by atoms with Crippen LogP contribution in [-0.2, 0) is 12.6 Å². The maximum atomic E-state index is 13.6. The molecule has 4 heterocycles. The lowest BCUT2D eigenvalue weighted by Crippen LogP contribution is -2.59. The second-order valence-electron chi connectivity index (χ2n) is 10.6. The molecule has 4 aliphatic carbocycles. The van der Waals surface area contributed by atoms with Crippen molar-refractivity contribution in [3.8, 4) is 0 Å². The van der Waals surface area contributed by atoms with Gasteiger partial charge in [-0.1, -0.05) is 11.6 Å². The number of fused-ring (bicyclic) bond motifs is 2. The monoisotopic (exact) mass is 480 g/mol. The molecule has 0 radical (unpaired) electrons. The molecule has 4 aromatic rings. The second-order valence-corrected chi connectivity index (χ2v) is 11.1. The van der Waals surface area contributed by atoms with Gasteiger partial charge < -0.3 is 10.4 Å². The topological polar surface area (TPSA) is 115 Å². The minimum atomic E-state index is -0.313. The third kappa shape index (κ3) is 2.75. The van der Waals surface area contributed by atoms with Gasteiger partial charge >= 0.3 is 5.69 Å². The van der Waals surface area contributed by atoms with Gasteiger partial charge in [-0.05, 0) is 55.8 Å². The molecule has 0 aromatic carbocycles. The van der Waals surface area contributed by atoms with Crippen molar-refractivity contribution in [1.29, 1.82) is 0 Å². The van der Waals surface area contributed by atoms with E-state index in [4.69, 9.17) is 16.6 Å². The van der Waals surface area contributed by atoms with Crippen LogP contribution in [0.25, 0.3) is 16.8 Å². The van der Waals surface area contributed by atoms with Gasteiger partial charge in [0.2, 0.25) is 5.95 Å². The van der Waals surface area contributed by atoms with Crippen molar-refractivity contribution in [2.24, 2.45) is 24.3 Å². The Labute approximate surface area is 199 Å². The average Bonchev–Trinajstić information content (AvgIpc) is 3.35. The number of pyridine rings is 1. The largest absolute Gasteiger partial charge is 0.396 e. The summed E-state index contributed by atoms with van der Waals surface area (Å²) in [5.74, 6) is 1.45. The lowest BCUT2D eigenvalue weighted by atomic mass is 9.47. The van der Waals surface area contributed by atoms with Gasteiger partial charge in [0.05, 0.1) is 28.6 Å². The molecule has 0 amide bonds. The molecular formula is C23H25ClN8O2. The molecule has 0 aliphatic heterocycles. The first-order chi connectivity index (χ1) is 16.4. The van der Waals surface area contributed by atoms with E-state index < -0.39 is 0 Å². The second kappa shape index (κ2) is 6.79. The number of aryl methyl sites for hydroxylation is 1. The van der Waals surface area contributed by atoms with Crippen LogP contribution >= 0.6 is 11.6 Å². The number of aliphatic hydroxyl groups is 1. The molecule has 10 nitrogen and oxygen atoms in total. The number of hydrogen-bond acceptors (Lipinski definition) is 7. The summed E-state index contributed by atoms with van der Waals surface area (Å²) >= 11 is 6.45. The van der Waals surface area contributed by atoms with Crippen molar-refractivity contribution in [2.45, 2.75) is 44.1 Å². The number of aromatic nitrogens is 7. The van der Waals surface area contributed by atoms with E-state index in [0.29, 0.717) is 45.3 Å². The third-order valence-electron chi connectivity index (χ3n) is 8.37. The van der Waals surface area contributed by atoms with Crippen LogP contribution in [0.3, 0.4) is 0 Å². The molecule has 2 unspecified atom stereocenters. The third-order valence-corrected chi connectivity index (χ3v) is 8.69. The van der Waals surface area contributed by atoms with E-state index in [1.165, 1.54) is 12.7 Å². The maximum absolute atomic E-state index is 13.6. The van der Waals surface area contributed by atoms with Gasteiger partial charge in [-0.25, -0.2) is 19.3 Å². The first kappa shape index (κ1) is 20.4. The summed E-state index contributed by atoms with van der Waals surface area (Å²) in [5.41, 5.74) is 2.09. The van der Waals surface area contributed by atoms with E-state index in [0.717, 1.165) is 32.1 Å². The van der Waals surface area contributed by atoms with E-state index in [2.05, 4.69) is 20.4 Å². The highest BCUT2D eigenvalue weighted by molar-refractivity contribution is 6.33. The molecule has 0 spiro atoms. The van der Waals surface area contributed by atoms with Crippen LogP contribution in [0.15, 0.2) is 29.6 Å². The van der Waals surface area contributed by atoms with E-state index >= 15 is 0 Å². The van der Waals surface area contributed by atoms with Gasteiger partial charge in [0.25, 0.3) is 0 Å². The van der Waals surface area contributed by atoms with Crippen molar-refractivity contribution in [3.05, 3.63) is 40.3 Å². The van der Waals surface area contributed by atoms with Crippen molar-refractivity contribution in [2.75, 3.05) is 11.9 Å². The SMILES string of the molecule is Cn1c(=O)n(C23CC4CC(CC(CO)(C4)C2)C3)c2nc(Nc3cn4ncnc4cc3Cl)ncc21. The summed E-state index contributed by atoms with van der Waals surface area (Å²) in [4.78, 5) is 27.0. The van der Waals surface area contributed by atoms with Crippen LogP contribution in [0.5, 0.6) is 0 Å². The number of halogens is 1. The summed E-state index contributed by atoms with van der Waals surface area (Å²) in [6.07, 6.45) is 11.0. The zero-order valence-electron chi connectivity index (χ0n) is 18.8. The molecule has 4 bridgehead atoms. The summed E-state index contributed by atoms with van der Waals surface area (Å²) < 4.78 is 5.17. The Morgan fingerprint density at radius 1 is 1.24 bits per heavy atom. The fraction of sp³-hybridized carbons (Fsp3) is 0.522. The predicted octanol–water partition coefficient (Wildman–Crippen LogP) is 2.86. The Hall–Kier alpha value is -2.98. The summed E-state index contributed by atoms with van der Waals surface area (Å²) in [7, 11) is 1.77. The summed E-state index contributed by atoms with van der Waals surface area (Å²) in [6.45, 7) is 0.187. The molecule has 2 N–H and O–H groups in total. The number of hydrogen-bond donors (Lipinski definition) is 2. The molecule has 4 aliphatic rings. The average molecular weight is 481 g/mol. The molecule has 8 rings (SSSR count). The van der Waals surface area contributed by atoms with Gasteiger partial charge in [-0.2, -0.15) is 10.1 Å². The summed E-state index contributed by atoms with van der Waals surface area (Å²) in [6, 6.07) is 1.72. The Bertz CT molecular complexity index is 1510. The van der Waals surface area contributed by atoms with E-state index in [-0.39, 0.29) is 23.3 Å². The first-order valence-electron chi connectivity index (χ1n) is 11.7. The number of imidazole rings is 1. The number of aliphatic hydroxyl groups excluding tert-OH is 1. The van der Waals surface area contributed by atoms with Crippen LogP contribution < -0.4 is 11.0 Å². The van der Waals surface area contributed by atoms with Crippen LogP contribution in [-0.4, -0.2) is 45.4 Å². The molecule has 4 aromatic heterocycles. The standard InChI is InChI=1S/C23H25ClN8O2/c1-30-17-8-25-20(28-16-9-31-18(3-15(16)24)26-12-27-31)29-19(17)32(21(30)34)23-6-13-2-14(7-23)5-22(4-13,10-23)11-33/h3,8-9,12-14,33H,2,4-7,10-11H2,1H3,(H,25,28,29). The first-order valence-corrected chi connectivity index (χ1v) is 12.1. The number of nitrogens with zero attached hydrogens (tertiary/aromatic N) is 7. The van der Waals surface area contributed by atoms with Crippen molar-refractivity contribution >= 4 is 40.0 Å². The van der Waals surface area contributed by atoms with Crippen molar-refractivity contribution in [1.82, 2.24) is 33.7 Å². The fourth-order valence-corrected chi connectivity index (χ4v) is 7.69. The number of rotatable bonds is 4. The Balaban J connectivity index is 1.36. The Morgan fingerprint density at radius 3 is 2.79 bits per heavy atom. The molecule has 4 saturated carbocycles. The van der Waals surface area contributed by atoms with E-state index in [1.54, 1.807) is 34.6 Å². The number of nitrogens with one attached hydrogen (secondary N) is 1. The molecular weight excluding hydrogens is 456 g/mol. The Morgan fingerprint density at radius 2 is 2.03 bits per heavy atom. The van der Waals surface area contributed by atoms with Gasteiger partial charge in [0, 0.05) is 19.7 Å². The highest BCUT2D eigenvalue weighted by Crippen LogP contribution is 2.64. The van der Waals surface area contributed by atoms with Crippen LogP contribution in [0.1, 0.15) is 38.5 Å². The van der Waals surface area contributed by atoms with Gasteiger partial charge in [-0.3, -0.25) is 9.13 Å². The molecule has 2 atom stereocenters. The molecule has 176 valence electrons. The molecule has 11 heteroatoms. The molecule has 4 fully saturated rings. The Kier molecular flexibility index (Phi) is 4.07. The lowest BCUT2D eigenvalue weighted by Gasteiger charge is -2.61. The zero-order chi connectivity index (χ0) is 23.2. The van der Waals surface area contributed by atoms with Crippen LogP contribution in [0.4, 0.5) is 11.6 Å². The van der Waals surface area contributed by atoms with Gasteiger partial charge in [-0.15, -0.1) is 0 Å². The number of anilines is 2. The van der Waals surface area contributed by atoms with Crippen molar-refractivity contribution < 1.29 is 5.11 Å². The maximum Gasteiger partial charge on any atom is 0.330 e. The van der Waals surface area contributed by atoms with Crippen LogP contribution in [0.2, 0.25) is 5.02 Å². The smallest absolute Gasteiger partial charge is 0.330 e. The normalized spacial score (nSPS) is 30.0. The highest BCUT2D eigenvalue weighted by atomic mass is 35.5. The van der Waals surface area contributed by atoms with Crippen molar-refractivity contribution in [3.63, 3.8) is 0 Å². The molecule has 34 heavy (non-hydrogen) atoms. The minimum Gasteiger partial charge on any atom is -0.396 e. The molecule has 0 saturated heterocycles. The minimum absolute atomic E-state index is 0.0708. The highest BCUT2D eigenvalue weighted by Gasteiger charge is 2.59. The fourth-order valence-electron chi connectivity index (χ4n) is 7.50. The van der Waals surface area contributed by atoms with Crippen LogP contribution in [0, 0.1) is 17.3 Å². The quantitative estimate of drug-likeness (QED) is 0.461. The zero-order valence-corrected chi connectivity index (χ0v) is 19.5. The van der Waals surface area contributed by atoms with Gasteiger partial charge in [0.1, 0.15) is 11.8 Å². The predicted molar refractivity (Wildman–Crippen MR) is 126 cm³/mol. The summed E-state index contributed by atoms with van der Waals surface area (Å²) in [5, 5.41) is 18.1. The lowest BCUT2D eigenvalue weighted by molar-refractivity contribution is -0.121. The van der Waals surface area contributed by atoms with E-state index in [9.17, 15) is 9.90 Å².